The molecule has 4 heterocycles. The Bertz CT molecular complexity index is 1240. The lowest BCUT2D eigenvalue weighted by atomic mass is 10.0. The minimum Gasteiger partial charge on any atom is -0.338 e. The van der Waals surface area contributed by atoms with Crippen molar-refractivity contribution in [1.82, 2.24) is 15.0 Å². The molecule has 2 saturated heterocycles. The van der Waals surface area contributed by atoms with E-state index in [1.54, 1.807) is 0 Å². The molecule has 5 rings (SSSR count). The Balaban J connectivity index is 1.38. The zero-order chi connectivity index (χ0) is 23.9. The standard InChI is InChI=1S/C23H24F3N5O2S/c24-23(25,26)17-9-5-13-31(17)21-28-19(33)18-20(29-21)34-22(27-18)30-12-4-8-15(30)16(32)11-10-14-6-2-1-3-7-14/h1-3,6-7,15,17H,4-5,8-13H2,(H,28,29,33)/t15-,17+/m1/s1. The third kappa shape index (κ3) is 4.40. The average molecular weight is 492 g/mol. The van der Waals surface area contributed by atoms with Gasteiger partial charge in [-0.25, -0.2) is 9.97 Å². The molecule has 0 amide bonds. The van der Waals surface area contributed by atoms with E-state index in [-0.39, 0.29) is 41.1 Å². The van der Waals surface area contributed by atoms with Crippen molar-refractivity contribution < 1.29 is 18.0 Å². The summed E-state index contributed by atoms with van der Waals surface area (Å²) in [6, 6.07) is 7.83. The molecule has 0 aliphatic carbocycles. The van der Waals surface area contributed by atoms with Crippen molar-refractivity contribution >= 4 is 38.5 Å². The molecule has 2 atom stereocenters. The molecule has 0 bridgehead atoms. The van der Waals surface area contributed by atoms with Crippen molar-refractivity contribution in [3.8, 4) is 0 Å². The molecule has 2 aromatic heterocycles. The first-order valence-electron chi connectivity index (χ1n) is 11.4. The third-order valence-electron chi connectivity index (χ3n) is 6.52. The molecule has 180 valence electrons. The number of carbonyl (C=O) groups excluding carboxylic acids is 1. The second kappa shape index (κ2) is 9.01. The normalized spacial score (nSPS) is 21.0. The molecule has 34 heavy (non-hydrogen) atoms. The van der Waals surface area contributed by atoms with E-state index in [0.717, 1.165) is 28.2 Å². The number of Topliss-reactive ketones (excluding diaryl/α,β-unsaturated/α-hetero) is 1. The molecule has 0 unspecified atom stereocenters. The van der Waals surface area contributed by atoms with Gasteiger partial charge in [-0.05, 0) is 37.7 Å². The number of benzene rings is 1. The highest BCUT2D eigenvalue weighted by Gasteiger charge is 2.47. The van der Waals surface area contributed by atoms with Crippen LogP contribution >= 0.6 is 11.3 Å². The van der Waals surface area contributed by atoms with E-state index >= 15 is 0 Å². The van der Waals surface area contributed by atoms with Crippen LogP contribution in [-0.2, 0) is 11.2 Å². The summed E-state index contributed by atoms with van der Waals surface area (Å²) >= 11 is 1.15. The Morgan fingerprint density at radius 1 is 1.09 bits per heavy atom. The first kappa shape index (κ1) is 22.8. The average Bonchev–Trinajstić information content (AvgIpc) is 3.56. The fraction of sp³-hybridized carbons (Fsp3) is 0.478. The molecule has 1 aromatic carbocycles. The number of aromatic amines is 1. The number of hydrogen-bond donors (Lipinski definition) is 1. The SMILES string of the molecule is O=C(CCc1ccccc1)[C@H]1CCCN1c1nc2c(=O)[nH]c(N3CCC[C@H]3C(F)(F)F)nc2s1. The molecule has 0 saturated carbocycles. The van der Waals surface area contributed by atoms with Crippen molar-refractivity contribution in [2.75, 3.05) is 22.9 Å². The summed E-state index contributed by atoms with van der Waals surface area (Å²) < 4.78 is 40.2. The maximum atomic E-state index is 13.4. The molecule has 1 N–H and O–H groups in total. The Labute approximate surface area is 197 Å². The quantitative estimate of drug-likeness (QED) is 0.560. The lowest BCUT2D eigenvalue weighted by Crippen LogP contribution is -2.42. The Morgan fingerprint density at radius 2 is 1.82 bits per heavy atom. The van der Waals surface area contributed by atoms with Gasteiger partial charge < -0.3 is 9.80 Å². The van der Waals surface area contributed by atoms with E-state index < -0.39 is 17.8 Å². The highest BCUT2D eigenvalue weighted by Crippen LogP contribution is 2.36. The van der Waals surface area contributed by atoms with Gasteiger partial charge in [-0.15, -0.1) is 0 Å². The molecule has 0 spiro atoms. The van der Waals surface area contributed by atoms with Crippen molar-refractivity contribution in [2.24, 2.45) is 0 Å². The van der Waals surface area contributed by atoms with E-state index in [1.165, 1.54) is 0 Å². The number of nitrogens with zero attached hydrogens (tertiary/aromatic N) is 4. The van der Waals surface area contributed by atoms with E-state index in [9.17, 15) is 22.8 Å². The van der Waals surface area contributed by atoms with Gasteiger partial charge in [-0.2, -0.15) is 13.2 Å². The van der Waals surface area contributed by atoms with Gasteiger partial charge in [0.25, 0.3) is 5.56 Å². The summed E-state index contributed by atoms with van der Waals surface area (Å²) in [6.07, 6.45) is -1.45. The van der Waals surface area contributed by atoms with E-state index in [4.69, 9.17) is 0 Å². The van der Waals surface area contributed by atoms with Crippen LogP contribution in [0.4, 0.5) is 24.3 Å². The van der Waals surface area contributed by atoms with Crippen molar-refractivity contribution in [3.05, 3.63) is 46.2 Å². The number of anilines is 2. The molecule has 2 aliphatic heterocycles. The molecular formula is C23H24F3N5O2S. The Kier molecular flexibility index (Phi) is 6.05. The van der Waals surface area contributed by atoms with Gasteiger partial charge in [0.15, 0.2) is 21.3 Å². The molecule has 3 aromatic rings. The second-order valence-electron chi connectivity index (χ2n) is 8.74. The van der Waals surface area contributed by atoms with Gasteiger partial charge >= 0.3 is 6.18 Å². The number of rotatable bonds is 6. The minimum atomic E-state index is -4.40. The maximum Gasteiger partial charge on any atom is 0.408 e. The predicted octanol–water partition coefficient (Wildman–Crippen LogP) is 4.08. The summed E-state index contributed by atoms with van der Waals surface area (Å²) in [4.78, 5) is 40.2. The zero-order valence-corrected chi connectivity index (χ0v) is 19.2. The molecule has 2 aliphatic rings. The van der Waals surface area contributed by atoms with Crippen LogP contribution in [0.1, 0.15) is 37.7 Å². The Hall–Kier alpha value is -2.95. The zero-order valence-electron chi connectivity index (χ0n) is 18.3. The third-order valence-corrected chi connectivity index (χ3v) is 7.51. The van der Waals surface area contributed by atoms with Gasteiger partial charge in [-0.1, -0.05) is 41.7 Å². The Morgan fingerprint density at radius 3 is 2.59 bits per heavy atom. The van der Waals surface area contributed by atoms with Crippen molar-refractivity contribution in [2.45, 2.75) is 56.8 Å². The monoisotopic (exact) mass is 491 g/mol. The van der Waals surface area contributed by atoms with E-state index in [0.29, 0.717) is 37.4 Å². The molecule has 7 nitrogen and oxygen atoms in total. The highest BCUT2D eigenvalue weighted by molar-refractivity contribution is 7.21. The van der Waals surface area contributed by atoms with Crippen LogP contribution in [0.3, 0.4) is 0 Å². The number of thiazole rings is 1. The molecule has 2 fully saturated rings. The van der Waals surface area contributed by atoms with Crippen molar-refractivity contribution in [3.63, 3.8) is 0 Å². The highest BCUT2D eigenvalue weighted by atomic mass is 32.1. The number of fused-ring (bicyclic) bond motifs is 1. The fourth-order valence-electron chi connectivity index (χ4n) is 4.84. The van der Waals surface area contributed by atoms with Crippen LogP contribution < -0.4 is 15.4 Å². The van der Waals surface area contributed by atoms with Gasteiger partial charge in [0, 0.05) is 19.5 Å². The van der Waals surface area contributed by atoms with Crippen LogP contribution in [0.5, 0.6) is 0 Å². The summed E-state index contributed by atoms with van der Waals surface area (Å²) in [5.74, 6) is 0.0395. The number of aromatic nitrogens is 3. The van der Waals surface area contributed by atoms with Gasteiger partial charge in [0.05, 0.1) is 6.04 Å². The number of ketones is 1. The van der Waals surface area contributed by atoms with Crippen LogP contribution in [0.25, 0.3) is 10.3 Å². The van der Waals surface area contributed by atoms with Crippen LogP contribution in [0.2, 0.25) is 0 Å². The molecule has 0 radical (unpaired) electrons. The first-order chi connectivity index (χ1) is 16.3. The van der Waals surface area contributed by atoms with E-state index in [1.807, 2.05) is 35.2 Å². The topological polar surface area (TPSA) is 82.2 Å². The summed E-state index contributed by atoms with van der Waals surface area (Å²) in [5.41, 5.74) is 0.623. The lowest BCUT2D eigenvalue weighted by Gasteiger charge is -2.26. The molecular weight excluding hydrogens is 467 g/mol. The first-order valence-corrected chi connectivity index (χ1v) is 12.2. The van der Waals surface area contributed by atoms with Crippen LogP contribution in [0.15, 0.2) is 35.1 Å². The number of carbonyl (C=O) groups is 1. The number of alkyl halides is 3. The smallest absolute Gasteiger partial charge is 0.338 e. The second-order valence-corrected chi connectivity index (χ2v) is 9.69. The molecule has 11 heteroatoms. The van der Waals surface area contributed by atoms with Crippen LogP contribution in [0, 0.1) is 0 Å². The summed E-state index contributed by atoms with van der Waals surface area (Å²) in [5, 5.41) is 0.509. The van der Waals surface area contributed by atoms with Gasteiger partial charge in [0.1, 0.15) is 6.04 Å². The lowest BCUT2D eigenvalue weighted by molar-refractivity contribution is -0.146. The predicted molar refractivity (Wildman–Crippen MR) is 125 cm³/mol. The van der Waals surface area contributed by atoms with E-state index in [2.05, 4.69) is 15.0 Å². The summed E-state index contributed by atoms with van der Waals surface area (Å²) in [6.45, 7) is 0.809. The van der Waals surface area contributed by atoms with Gasteiger partial charge in [-0.3, -0.25) is 14.6 Å². The van der Waals surface area contributed by atoms with Crippen molar-refractivity contribution in [1.29, 1.82) is 0 Å². The number of hydrogen-bond acceptors (Lipinski definition) is 7. The fourth-order valence-corrected chi connectivity index (χ4v) is 5.85. The number of halogens is 3. The maximum absolute atomic E-state index is 13.4. The van der Waals surface area contributed by atoms with Crippen LogP contribution in [-0.4, -0.2) is 52.1 Å². The minimum absolute atomic E-state index is 0.0280. The number of nitrogens with one attached hydrogen (secondary N) is 1. The number of aryl methyl sites for hydroxylation is 1. The van der Waals surface area contributed by atoms with Gasteiger partial charge in [0.2, 0.25) is 5.95 Å². The number of H-pyrrole nitrogens is 1. The summed E-state index contributed by atoms with van der Waals surface area (Å²) in [7, 11) is 0. The largest absolute Gasteiger partial charge is 0.408 e.